The Kier molecular flexibility index (Phi) is 2.74. The molecule has 1 rings (SSSR count). The second-order valence-electron chi connectivity index (χ2n) is 3.64. The van der Waals surface area contributed by atoms with Gasteiger partial charge in [0.15, 0.2) is 0 Å². The Morgan fingerprint density at radius 2 is 1.50 bits per heavy atom. The lowest BCUT2D eigenvalue weighted by Gasteiger charge is -2.13. The molecule has 0 unspecified atom stereocenters. The van der Waals surface area contributed by atoms with E-state index >= 15 is 0 Å². The Hall–Kier alpha value is -0.980. The molecule has 0 aliphatic heterocycles. The molecule has 0 fully saturated rings. The van der Waals surface area contributed by atoms with E-state index in [1.165, 1.54) is 11.3 Å². The lowest BCUT2D eigenvalue weighted by Crippen LogP contribution is -2.08. The maximum absolute atomic E-state index is 2.21. The fourth-order valence-corrected chi connectivity index (χ4v) is 1.16. The van der Waals surface area contributed by atoms with E-state index in [9.17, 15) is 0 Å². The van der Waals surface area contributed by atoms with E-state index in [0.717, 1.165) is 0 Å². The molecule has 0 amide bonds. The molecule has 0 aliphatic rings. The van der Waals surface area contributed by atoms with Crippen LogP contribution >= 0.6 is 0 Å². The van der Waals surface area contributed by atoms with Crippen LogP contribution in [0.25, 0.3) is 0 Å². The number of nitrogens with zero attached hydrogens (tertiary/aromatic N) is 1. The van der Waals surface area contributed by atoms with Gasteiger partial charge in [0.05, 0.1) is 0 Å². The monoisotopic (exact) mass is 163 g/mol. The minimum Gasteiger partial charge on any atom is -0.378 e. The number of hydrogen-bond acceptors (Lipinski definition) is 1. The highest BCUT2D eigenvalue weighted by atomic mass is 15.1. The summed E-state index contributed by atoms with van der Waals surface area (Å²) in [5, 5.41) is 0. The van der Waals surface area contributed by atoms with Gasteiger partial charge in [-0.3, -0.25) is 0 Å². The fraction of sp³-hybridized carbons (Fsp3) is 0.455. The van der Waals surface area contributed by atoms with Crippen LogP contribution in [0.1, 0.15) is 25.3 Å². The average molecular weight is 163 g/mol. The van der Waals surface area contributed by atoms with Crippen molar-refractivity contribution >= 4 is 5.69 Å². The molecule has 1 nitrogen and oxygen atoms in total. The zero-order valence-corrected chi connectivity index (χ0v) is 8.33. The molecule has 0 aliphatic carbocycles. The molecule has 66 valence electrons. The molecule has 0 spiro atoms. The third-order valence-corrected chi connectivity index (χ3v) is 2.08. The lowest BCUT2D eigenvalue weighted by atomic mass is 10.0. The van der Waals surface area contributed by atoms with E-state index in [2.05, 4.69) is 57.1 Å². The summed E-state index contributed by atoms with van der Waals surface area (Å²) in [5.74, 6) is 0.626. The van der Waals surface area contributed by atoms with E-state index in [1.54, 1.807) is 0 Å². The van der Waals surface area contributed by atoms with Crippen molar-refractivity contribution in [2.45, 2.75) is 19.8 Å². The van der Waals surface area contributed by atoms with Gasteiger partial charge in [0, 0.05) is 19.8 Å². The Labute approximate surface area is 75.0 Å². The number of anilines is 1. The fourth-order valence-electron chi connectivity index (χ4n) is 1.16. The molecule has 0 N–H and O–H groups in total. The average Bonchev–Trinajstić information content (AvgIpc) is 2.04. The summed E-state index contributed by atoms with van der Waals surface area (Å²) in [5.41, 5.74) is 2.67. The van der Waals surface area contributed by atoms with E-state index in [1.807, 2.05) is 0 Å². The smallest absolute Gasteiger partial charge is 0.0361 e. The summed E-state index contributed by atoms with van der Waals surface area (Å²) >= 11 is 0. The van der Waals surface area contributed by atoms with Crippen molar-refractivity contribution in [3.05, 3.63) is 29.8 Å². The van der Waals surface area contributed by atoms with Gasteiger partial charge in [-0.1, -0.05) is 26.0 Å². The largest absolute Gasteiger partial charge is 0.378 e. The quantitative estimate of drug-likeness (QED) is 0.648. The molecule has 0 bridgehead atoms. The van der Waals surface area contributed by atoms with Gasteiger partial charge in [-0.25, -0.2) is 0 Å². The SMILES string of the molecule is CC(C)c1ccc(N(C)C)cc1. The maximum Gasteiger partial charge on any atom is 0.0361 e. The minimum absolute atomic E-state index is 0.626. The van der Waals surface area contributed by atoms with Crippen LogP contribution in [0, 0.1) is 0 Å². The van der Waals surface area contributed by atoms with Crippen LogP contribution in [0.2, 0.25) is 0 Å². The maximum atomic E-state index is 2.21. The number of hydrogen-bond donors (Lipinski definition) is 0. The van der Waals surface area contributed by atoms with E-state index in [-0.39, 0.29) is 0 Å². The highest BCUT2D eigenvalue weighted by molar-refractivity contribution is 5.46. The minimum atomic E-state index is 0.626. The highest BCUT2D eigenvalue weighted by Crippen LogP contribution is 2.18. The molecule has 0 heterocycles. The summed E-state index contributed by atoms with van der Waals surface area (Å²) in [7, 11) is 4.12. The molecule has 1 aromatic carbocycles. The molecule has 0 atom stereocenters. The van der Waals surface area contributed by atoms with Crippen LogP contribution in [0.15, 0.2) is 24.3 Å². The third-order valence-electron chi connectivity index (χ3n) is 2.08. The van der Waals surface area contributed by atoms with Gasteiger partial charge < -0.3 is 4.90 Å². The molecule has 1 heteroatoms. The number of rotatable bonds is 2. The van der Waals surface area contributed by atoms with Gasteiger partial charge >= 0.3 is 0 Å². The Morgan fingerprint density at radius 1 is 1.00 bits per heavy atom. The first kappa shape index (κ1) is 9.11. The van der Waals surface area contributed by atoms with Crippen molar-refractivity contribution in [1.29, 1.82) is 0 Å². The zero-order chi connectivity index (χ0) is 9.14. The molecule has 0 aromatic heterocycles. The Morgan fingerprint density at radius 3 is 1.83 bits per heavy atom. The zero-order valence-electron chi connectivity index (χ0n) is 8.33. The van der Waals surface area contributed by atoms with Crippen molar-refractivity contribution in [3.8, 4) is 0 Å². The first-order chi connectivity index (χ1) is 5.61. The van der Waals surface area contributed by atoms with Crippen molar-refractivity contribution in [2.75, 3.05) is 19.0 Å². The summed E-state index contributed by atoms with van der Waals surface area (Å²) < 4.78 is 0. The van der Waals surface area contributed by atoms with Gasteiger partial charge in [-0.2, -0.15) is 0 Å². The van der Waals surface area contributed by atoms with Crippen molar-refractivity contribution in [2.24, 2.45) is 0 Å². The highest BCUT2D eigenvalue weighted by Gasteiger charge is 1.98. The van der Waals surface area contributed by atoms with E-state index < -0.39 is 0 Å². The predicted octanol–water partition coefficient (Wildman–Crippen LogP) is 2.88. The van der Waals surface area contributed by atoms with Gasteiger partial charge in [0.2, 0.25) is 0 Å². The van der Waals surface area contributed by atoms with Crippen LogP contribution in [0.5, 0.6) is 0 Å². The van der Waals surface area contributed by atoms with E-state index in [0.29, 0.717) is 5.92 Å². The summed E-state index contributed by atoms with van der Waals surface area (Å²) in [6.45, 7) is 4.43. The first-order valence-electron chi connectivity index (χ1n) is 4.38. The summed E-state index contributed by atoms with van der Waals surface area (Å²) in [6.07, 6.45) is 0. The molecule has 12 heavy (non-hydrogen) atoms. The van der Waals surface area contributed by atoms with Crippen LogP contribution in [0.4, 0.5) is 5.69 Å². The van der Waals surface area contributed by atoms with Crippen LogP contribution in [-0.4, -0.2) is 14.1 Å². The topological polar surface area (TPSA) is 3.24 Å². The van der Waals surface area contributed by atoms with Crippen molar-refractivity contribution < 1.29 is 0 Å². The normalized spacial score (nSPS) is 10.4. The number of benzene rings is 1. The van der Waals surface area contributed by atoms with Gasteiger partial charge in [-0.15, -0.1) is 0 Å². The molecular weight excluding hydrogens is 146 g/mol. The summed E-state index contributed by atoms with van der Waals surface area (Å²) in [4.78, 5) is 2.12. The van der Waals surface area contributed by atoms with Crippen LogP contribution in [-0.2, 0) is 0 Å². The molecule has 1 aromatic rings. The second kappa shape index (κ2) is 3.61. The first-order valence-corrected chi connectivity index (χ1v) is 4.38. The Balaban J connectivity index is 2.86. The van der Waals surface area contributed by atoms with Crippen molar-refractivity contribution in [1.82, 2.24) is 0 Å². The van der Waals surface area contributed by atoms with Crippen LogP contribution in [0.3, 0.4) is 0 Å². The van der Waals surface area contributed by atoms with Gasteiger partial charge in [0.1, 0.15) is 0 Å². The third kappa shape index (κ3) is 2.00. The molecule has 0 radical (unpaired) electrons. The predicted molar refractivity (Wildman–Crippen MR) is 54.9 cm³/mol. The standard InChI is InChI=1S/C11H17N/c1-9(2)10-5-7-11(8-6-10)12(3)4/h5-9H,1-4H3. The van der Waals surface area contributed by atoms with Crippen molar-refractivity contribution in [3.63, 3.8) is 0 Å². The van der Waals surface area contributed by atoms with Gasteiger partial charge in [0.25, 0.3) is 0 Å². The Bertz CT molecular complexity index is 207. The van der Waals surface area contributed by atoms with Crippen LogP contribution < -0.4 is 4.90 Å². The lowest BCUT2D eigenvalue weighted by molar-refractivity contribution is 0.866. The molecular formula is C11H17N. The molecule has 0 saturated carbocycles. The van der Waals surface area contributed by atoms with Gasteiger partial charge in [-0.05, 0) is 23.6 Å². The molecule has 0 saturated heterocycles. The summed E-state index contributed by atoms with van der Waals surface area (Å²) in [6, 6.07) is 8.71. The second-order valence-corrected chi connectivity index (χ2v) is 3.64. The van der Waals surface area contributed by atoms with E-state index in [4.69, 9.17) is 0 Å².